The number of aliphatic hydroxyl groups excluding tert-OH is 2. The molecule has 0 fully saturated rings. The zero-order valence-electron chi connectivity index (χ0n) is 12.2. The van der Waals surface area contributed by atoms with Crippen LogP contribution in [0.1, 0.15) is 27.7 Å². The molecule has 0 amide bonds. The summed E-state index contributed by atoms with van der Waals surface area (Å²) in [6.07, 6.45) is 2.60. The van der Waals surface area contributed by atoms with Crippen LogP contribution in [0.3, 0.4) is 0 Å². The van der Waals surface area contributed by atoms with E-state index in [1.54, 1.807) is 0 Å². The van der Waals surface area contributed by atoms with E-state index in [1.807, 2.05) is 0 Å². The lowest BCUT2D eigenvalue weighted by Crippen LogP contribution is -2.03. The third-order valence-corrected chi connectivity index (χ3v) is 2.34. The van der Waals surface area contributed by atoms with Gasteiger partial charge in [-0.1, -0.05) is 0 Å². The SMILES string of the molecule is CC(=O)C(C=NCCN=CC(C(C)=O)=C(C)O)=C(C)O. The predicted octanol–water partition coefficient (Wildman–Crippen LogP) is 1.97. The average Bonchev–Trinajstić information content (AvgIpc) is 2.30. The molecule has 20 heavy (non-hydrogen) atoms. The molecule has 0 aliphatic carbocycles. The van der Waals surface area contributed by atoms with Crippen molar-refractivity contribution in [1.82, 2.24) is 0 Å². The topological polar surface area (TPSA) is 99.3 Å². The van der Waals surface area contributed by atoms with Gasteiger partial charge in [0.2, 0.25) is 0 Å². The van der Waals surface area contributed by atoms with Gasteiger partial charge >= 0.3 is 0 Å². The first-order chi connectivity index (χ1) is 9.27. The van der Waals surface area contributed by atoms with Crippen molar-refractivity contribution >= 4 is 24.0 Å². The molecule has 0 aromatic heterocycles. The molecule has 0 saturated carbocycles. The fourth-order valence-electron chi connectivity index (χ4n) is 1.31. The molecule has 0 atom stereocenters. The minimum Gasteiger partial charge on any atom is -0.512 e. The summed E-state index contributed by atoms with van der Waals surface area (Å²) in [4.78, 5) is 30.2. The normalized spacial score (nSPS) is 14.4. The van der Waals surface area contributed by atoms with Crippen LogP contribution in [0, 0.1) is 0 Å². The van der Waals surface area contributed by atoms with E-state index in [-0.39, 0.29) is 34.2 Å². The first-order valence-corrected chi connectivity index (χ1v) is 6.08. The van der Waals surface area contributed by atoms with Crippen LogP contribution in [0.2, 0.25) is 0 Å². The summed E-state index contributed by atoms with van der Waals surface area (Å²) in [6, 6.07) is 0. The number of rotatable bonds is 7. The van der Waals surface area contributed by atoms with E-state index in [2.05, 4.69) is 9.98 Å². The Morgan fingerprint density at radius 2 is 1.10 bits per heavy atom. The van der Waals surface area contributed by atoms with E-state index >= 15 is 0 Å². The molecule has 0 unspecified atom stereocenters. The van der Waals surface area contributed by atoms with E-state index in [0.29, 0.717) is 13.1 Å². The van der Waals surface area contributed by atoms with Gasteiger partial charge in [0.25, 0.3) is 0 Å². The van der Waals surface area contributed by atoms with Crippen LogP contribution in [0.5, 0.6) is 0 Å². The van der Waals surface area contributed by atoms with Crippen molar-refractivity contribution in [3.8, 4) is 0 Å². The van der Waals surface area contributed by atoms with Crippen LogP contribution < -0.4 is 0 Å². The first kappa shape index (κ1) is 17.8. The van der Waals surface area contributed by atoms with Crippen molar-refractivity contribution < 1.29 is 19.8 Å². The third-order valence-electron chi connectivity index (χ3n) is 2.34. The number of aliphatic hydroxyl groups is 2. The predicted molar refractivity (Wildman–Crippen MR) is 78.7 cm³/mol. The number of allylic oxidation sites excluding steroid dienone is 4. The van der Waals surface area contributed by atoms with E-state index in [4.69, 9.17) is 0 Å². The van der Waals surface area contributed by atoms with E-state index in [1.165, 1.54) is 40.1 Å². The maximum absolute atomic E-state index is 11.1. The van der Waals surface area contributed by atoms with Crippen molar-refractivity contribution in [3.05, 3.63) is 22.7 Å². The van der Waals surface area contributed by atoms with Crippen LogP contribution in [0.25, 0.3) is 0 Å². The summed E-state index contributed by atoms with van der Waals surface area (Å²) < 4.78 is 0. The Hall–Kier alpha value is -2.24. The summed E-state index contributed by atoms with van der Waals surface area (Å²) in [5.74, 6) is -0.699. The molecular formula is C14H20N2O4. The van der Waals surface area contributed by atoms with Gasteiger partial charge in [0, 0.05) is 12.4 Å². The number of carbonyl (C=O) groups is 2. The smallest absolute Gasteiger partial charge is 0.164 e. The number of hydrogen-bond donors (Lipinski definition) is 2. The van der Waals surface area contributed by atoms with Gasteiger partial charge in [-0.2, -0.15) is 0 Å². The lowest BCUT2D eigenvalue weighted by atomic mass is 10.2. The fraction of sp³-hybridized carbons (Fsp3) is 0.429. The van der Waals surface area contributed by atoms with Gasteiger partial charge in [-0.05, 0) is 27.7 Å². The van der Waals surface area contributed by atoms with Crippen LogP contribution in [-0.4, -0.2) is 47.3 Å². The average molecular weight is 280 g/mol. The molecule has 0 rings (SSSR count). The molecule has 0 aliphatic rings. The minimum absolute atomic E-state index is 0.0811. The van der Waals surface area contributed by atoms with Gasteiger partial charge in [-0.3, -0.25) is 19.6 Å². The Labute approximate surface area is 118 Å². The molecule has 0 aromatic rings. The van der Waals surface area contributed by atoms with Crippen LogP contribution in [0.4, 0.5) is 0 Å². The second-order valence-electron chi connectivity index (χ2n) is 4.18. The standard InChI is InChI=1S/C14H20N2O4/c1-9(17)13(10(2)18)7-15-5-6-16-8-14(11(3)19)12(4)20/h7-8,17,19H,5-6H2,1-4H3. The third kappa shape index (κ3) is 6.63. The number of hydrogen-bond acceptors (Lipinski definition) is 6. The molecule has 2 N–H and O–H groups in total. The summed E-state index contributed by atoms with van der Waals surface area (Å²) in [5, 5.41) is 18.5. The van der Waals surface area contributed by atoms with Crippen molar-refractivity contribution in [2.45, 2.75) is 27.7 Å². The van der Waals surface area contributed by atoms with Crippen LogP contribution in [0.15, 0.2) is 32.6 Å². The highest BCUT2D eigenvalue weighted by atomic mass is 16.3. The van der Waals surface area contributed by atoms with Gasteiger partial charge in [0.1, 0.15) is 11.5 Å². The number of carbonyl (C=O) groups excluding carboxylic acids is 2. The molecule has 0 radical (unpaired) electrons. The van der Waals surface area contributed by atoms with Gasteiger partial charge in [-0.25, -0.2) is 0 Å². The van der Waals surface area contributed by atoms with Crippen molar-refractivity contribution in [3.63, 3.8) is 0 Å². The number of Topliss-reactive ketones (excluding diaryl/α,β-unsaturated/α-hetero) is 2. The van der Waals surface area contributed by atoms with Gasteiger partial charge in [0.05, 0.1) is 24.2 Å². The highest BCUT2D eigenvalue weighted by molar-refractivity contribution is 6.13. The minimum atomic E-state index is -0.269. The Balaban J connectivity index is 4.48. The zero-order chi connectivity index (χ0) is 15.7. The molecule has 0 aromatic carbocycles. The molecule has 110 valence electrons. The fourth-order valence-corrected chi connectivity index (χ4v) is 1.31. The number of nitrogens with zero attached hydrogens (tertiary/aromatic N) is 2. The largest absolute Gasteiger partial charge is 0.512 e. The maximum atomic E-state index is 11.1. The molecule has 6 nitrogen and oxygen atoms in total. The lowest BCUT2D eigenvalue weighted by molar-refractivity contribution is -0.114. The summed E-state index contributed by atoms with van der Waals surface area (Å²) >= 11 is 0. The highest BCUT2D eigenvalue weighted by Crippen LogP contribution is 2.00. The zero-order valence-corrected chi connectivity index (χ0v) is 12.2. The Bertz CT molecular complexity index is 445. The second-order valence-corrected chi connectivity index (χ2v) is 4.18. The molecular weight excluding hydrogens is 260 g/mol. The molecule has 0 aliphatic heterocycles. The number of ketones is 2. The van der Waals surface area contributed by atoms with Crippen molar-refractivity contribution in [2.75, 3.05) is 13.1 Å². The molecule has 0 spiro atoms. The van der Waals surface area contributed by atoms with Gasteiger partial charge in [-0.15, -0.1) is 0 Å². The van der Waals surface area contributed by atoms with Gasteiger partial charge < -0.3 is 10.2 Å². The summed E-state index contributed by atoms with van der Waals surface area (Å²) in [7, 11) is 0. The van der Waals surface area contributed by atoms with Crippen molar-refractivity contribution in [2.24, 2.45) is 9.98 Å². The quantitative estimate of drug-likeness (QED) is 0.322. The lowest BCUT2D eigenvalue weighted by Gasteiger charge is -1.98. The molecule has 0 saturated heterocycles. The van der Waals surface area contributed by atoms with E-state index in [9.17, 15) is 19.8 Å². The molecule has 6 heteroatoms. The van der Waals surface area contributed by atoms with Crippen LogP contribution >= 0.6 is 0 Å². The maximum Gasteiger partial charge on any atom is 0.164 e. The first-order valence-electron chi connectivity index (χ1n) is 6.08. The Kier molecular flexibility index (Phi) is 7.81. The second kappa shape index (κ2) is 8.79. The van der Waals surface area contributed by atoms with Gasteiger partial charge in [0.15, 0.2) is 11.6 Å². The molecule has 0 heterocycles. The van der Waals surface area contributed by atoms with E-state index in [0.717, 1.165) is 0 Å². The number of aliphatic imine (C=N–C) groups is 2. The summed E-state index contributed by atoms with van der Waals surface area (Å²) in [5.41, 5.74) is 0.314. The van der Waals surface area contributed by atoms with Crippen LogP contribution in [-0.2, 0) is 9.59 Å². The molecule has 0 bridgehead atoms. The summed E-state index contributed by atoms with van der Waals surface area (Å²) in [6.45, 7) is 6.11. The Morgan fingerprint density at radius 3 is 1.30 bits per heavy atom. The Morgan fingerprint density at radius 1 is 0.800 bits per heavy atom. The van der Waals surface area contributed by atoms with E-state index < -0.39 is 0 Å². The van der Waals surface area contributed by atoms with Crippen molar-refractivity contribution in [1.29, 1.82) is 0 Å². The monoisotopic (exact) mass is 280 g/mol. The highest BCUT2D eigenvalue weighted by Gasteiger charge is 2.05.